The average molecular weight is 468 g/mol. The van der Waals surface area contributed by atoms with E-state index in [4.69, 9.17) is 21.9 Å². The van der Waals surface area contributed by atoms with E-state index in [2.05, 4.69) is 53.7 Å². The number of carbonyl (C=O) groups is 1. The molecule has 2 atom stereocenters. The van der Waals surface area contributed by atoms with Crippen LogP contribution >= 0.6 is 0 Å². The second kappa shape index (κ2) is 11.3. The van der Waals surface area contributed by atoms with Crippen molar-refractivity contribution in [3.63, 3.8) is 0 Å². The summed E-state index contributed by atoms with van der Waals surface area (Å²) < 4.78 is 7.27. The molecule has 0 aliphatic rings. The molecule has 7 N–H and O–H groups in total. The zero-order valence-corrected chi connectivity index (χ0v) is 20.2. The van der Waals surface area contributed by atoms with E-state index in [9.17, 15) is 9.90 Å². The van der Waals surface area contributed by atoms with Gasteiger partial charge in [-0.3, -0.25) is 0 Å². The Labute approximate surface area is 187 Å². The van der Waals surface area contributed by atoms with Crippen molar-refractivity contribution in [3.8, 4) is 5.75 Å². The molecule has 0 aromatic heterocycles. The molecule has 0 radical (unpaired) electrons. The summed E-state index contributed by atoms with van der Waals surface area (Å²) in [6.07, 6.45) is 0.946. The Balaban J connectivity index is 3.00. The summed E-state index contributed by atoms with van der Waals surface area (Å²) in [4.78, 5) is 10.7. The second-order valence-corrected chi connectivity index (χ2v) is 10.3. The Hall–Kier alpha value is -1.32. The number of rotatable bonds is 12. The van der Waals surface area contributed by atoms with Gasteiger partial charge in [-0.15, -0.1) is 0 Å². The number of amides is 1. The number of ether oxygens (including phenoxy) is 1. The maximum atomic E-state index is 11.3. The first-order valence-corrected chi connectivity index (χ1v) is 11.5. The van der Waals surface area contributed by atoms with Gasteiger partial charge in [0.25, 0.3) is 0 Å². The SMILES string of the molecule is CCC(C)(C)c1ccc(OCC(N)[CH](N)[Co][N](CCN)C(=O)O)c(C(C)(C)CC)c1. The first kappa shape index (κ1) is 26.7. The molecule has 1 aromatic rings. The van der Waals surface area contributed by atoms with Crippen molar-refractivity contribution in [2.45, 2.75) is 76.2 Å². The van der Waals surface area contributed by atoms with Gasteiger partial charge in [-0.2, -0.15) is 0 Å². The minimum absolute atomic E-state index is 0.0549. The second-order valence-electron chi connectivity index (χ2n) is 8.79. The summed E-state index contributed by atoms with van der Waals surface area (Å²) in [7, 11) is 0. The topological polar surface area (TPSA) is 128 Å². The normalized spacial score (nSPS) is 14.4. The summed E-state index contributed by atoms with van der Waals surface area (Å²) in [5.74, 6) is 0.799. The van der Waals surface area contributed by atoms with Gasteiger partial charge in [-0.25, -0.2) is 0 Å². The molecule has 0 aliphatic carbocycles. The van der Waals surface area contributed by atoms with Gasteiger partial charge >= 0.3 is 188 Å². The summed E-state index contributed by atoms with van der Waals surface area (Å²) in [6.45, 7) is 13.9. The first-order valence-electron chi connectivity index (χ1n) is 10.5. The van der Waals surface area contributed by atoms with E-state index in [1.165, 1.54) is 5.56 Å². The van der Waals surface area contributed by atoms with Gasteiger partial charge in [0.05, 0.1) is 0 Å². The van der Waals surface area contributed by atoms with Crippen LogP contribution in [-0.4, -0.2) is 45.9 Å². The fourth-order valence-corrected chi connectivity index (χ4v) is 3.80. The molecule has 0 saturated heterocycles. The molecule has 8 heteroatoms. The van der Waals surface area contributed by atoms with Crippen LogP contribution in [0.2, 0.25) is 0 Å². The van der Waals surface area contributed by atoms with E-state index in [0.717, 1.165) is 28.1 Å². The fraction of sp³-hybridized carbons (Fsp3) is 0.682. The Morgan fingerprint density at radius 1 is 1.17 bits per heavy atom. The quantitative estimate of drug-likeness (QED) is 0.374. The fourth-order valence-electron chi connectivity index (χ4n) is 2.74. The predicted octanol–water partition coefficient (Wildman–Crippen LogP) is 2.99. The zero-order valence-electron chi connectivity index (χ0n) is 19.2. The molecule has 0 heterocycles. The van der Waals surface area contributed by atoms with Gasteiger partial charge in [-0.05, 0) is 0 Å². The molecule has 1 aromatic carbocycles. The van der Waals surface area contributed by atoms with Crippen molar-refractivity contribution in [3.05, 3.63) is 29.3 Å². The van der Waals surface area contributed by atoms with E-state index in [1.54, 1.807) is 0 Å². The number of hydrogen-bond acceptors (Lipinski definition) is 5. The van der Waals surface area contributed by atoms with Crippen LogP contribution < -0.4 is 21.9 Å². The number of benzene rings is 1. The van der Waals surface area contributed by atoms with Crippen LogP contribution in [0.3, 0.4) is 0 Å². The van der Waals surface area contributed by atoms with Crippen LogP contribution in [0.15, 0.2) is 18.2 Å². The van der Waals surface area contributed by atoms with Gasteiger partial charge in [0.15, 0.2) is 0 Å². The summed E-state index contributed by atoms with van der Waals surface area (Å²) in [5.41, 5.74) is 20.3. The van der Waals surface area contributed by atoms with Crippen LogP contribution in [-0.2, 0) is 25.7 Å². The van der Waals surface area contributed by atoms with Crippen molar-refractivity contribution < 1.29 is 29.5 Å². The number of nitrogens with two attached hydrogens (primary N) is 3. The van der Waals surface area contributed by atoms with Crippen molar-refractivity contribution in [2.75, 3.05) is 19.7 Å². The third-order valence-corrected chi connectivity index (χ3v) is 7.31. The van der Waals surface area contributed by atoms with E-state index in [1.807, 2.05) is 6.07 Å². The zero-order chi connectivity index (χ0) is 23.1. The van der Waals surface area contributed by atoms with Crippen LogP contribution in [0.4, 0.5) is 4.79 Å². The van der Waals surface area contributed by atoms with Gasteiger partial charge < -0.3 is 0 Å². The molecular weight excluding hydrogens is 427 g/mol. The van der Waals surface area contributed by atoms with E-state index >= 15 is 0 Å². The number of carboxylic acid groups (broad SMARTS) is 1. The van der Waals surface area contributed by atoms with Crippen LogP contribution in [0.5, 0.6) is 5.75 Å². The third kappa shape index (κ3) is 7.13. The van der Waals surface area contributed by atoms with Gasteiger partial charge in [0.2, 0.25) is 0 Å². The Bertz CT molecular complexity index is 697. The Morgan fingerprint density at radius 3 is 2.27 bits per heavy atom. The molecule has 0 saturated carbocycles. The van der Waals surface area contributed by atoms with E-state index in [0.29, 0.717) is 14.9 Å². The molecular formula is C22H40CoN4O3. The third-order valence-electron chi connectivity index (χ3n) is 5.80. The van der Waals surface area contributed by atoms with Crippen molar-refractivity contribution in [1.82, 2.24) is 3.95 Å². The number of hydrogen-bond donors (Lipinski definition) is 4. The van der Waals surface area contributed by atoms with Gasteiger partial charge in [0, 0.05) is 0 Å². The van der Waals surface area contributed by atoms with E-state index in [-0.39, 0.29) is 30.5 Å². The monoisotopic (exact) mass is 467 g/mol. The molecule has 0 bridgehead atoms. The van der Waals surface area contributed by atoms with Crippen LogP contribution in [0, 0.1) is 0 Å². The first-order chi connectivity index (χ1) is 13.9. The molecule has 1 rings (SSSR count). The standard InChI is InChI=1S/C19H33N2O.C3H7N2O2.Co/c1-7-18(3,4)14-9-10-17(22-13-15(21)12-20)16(11-14)19(5,6)8-2;4-1-2-5-3(6)7;/h9-12,15H,7-8,13,20-21H2,1-6H3;1-2,4H2,(H,6,7);/q;-1;+1. The summed E-state index contributed by atoms with van der Waals surface area (Å²) in [5, 5.41) is 9.24. The van der Waals surface area contributed by atoms with Crippen LogP contribution in [0.25, 0.3) is 0 Å². The minimum atomic E-state index is -1.06. The number of nitrogens with zero attached hydrogens (tertiary/aromatic N) is 1. The molecule has 0 fully saturated rings. The van der Waals surface area contributed by atoms with Crippen LogP contribution in [0.1, 0.15) is 65.5 Å². The molecule has 30 heavy (non-hydrogen) atoms. The molecule has 2 unspecified atom stereocenters. The van der Waals surface area contributed by atoms with Gasteiger partial charge in [-0.1, -0.05) is 0 Å². The molecule has 1 amide bonds. The molecule has 7 nitrogen and oxygen atoms in total. The molecule has 175 valence electrons. The molecule has 0 spiro atoms. The van der Waals surface area contributed by atoms with Crippen molar-refractivity contribution >= 4 is 6.09 Å². The summed E-state index contributed by atoms with van der Waals surface area (Å²) in [6, 6.07) is 5.87. The average Bonchev–Trinajstić information content (AvgIpc) is 2.71. The maximum absolute atomic E-state index is 11.3. The van der Waals surface area contributed by atoms with Gasteiger partial charge in [0.1, 0.15) is 0 Å². The van der Waals surface area contributed by atoms with Crippen molar-refractivity contribution in [1.29, 1.82) is 0 Å². The Morgan fingerprint density at radius 2 is 1.77 bits per heavy atom. The Kier molecular flexibility index (Phi) is 10.1. The summed E-state index contributed by atoms with van der Waals surface area (Å²) >= 11 is 0.438. The van der Waals surface area contributed by atoms with E-state index < -0.39 is 17.1 Å². The predicted molar refractivity (Wildman–Crippen MR) is 118 cm³/mol. The molecule has 0 aliphatic heterocycles. The van der Waals surface area contributed by atoms with Crippen molar-refractivity contribution in [2.24, 2.45) is 17.2 Å².